The molecule has 8 heteroatoms. The van der Waals surface area contributed by atoms with Crippen LogP contribution in [-0.4, -0.2) is 39.9 Å². The highest BCUT2D eigenvalue weighted by atomic mass is 14.9. The first-order valence-corrected chi connectivity index (χ1v) is 51.1. The van der Waals surface area contributed by atoms with Crippen molar-refractivity contribution in [1.82, 2.24) is 39.9 Å². The lowest BCUT2D eigenvalue weighted by Gasteiger charge is -2.06. The number of unbranched alkanes of at least 4 members (excludes halogenated alkanes) is 43. The maximum absolute atomic E-state index is 4.63. The quantitative estimate of drug-likeness (QED) is 0.0347. The second-order valence-corrected chi connectivity index (χ2v) is 36.7. The average molecular weight is 1650 g/mol. The van der Waals surface area contributed by atoms with Gasteiger partial charge in [0, 0.05) is 71.8 Å². The van der Waals surface area contributed by atoms with E-state index < -0.39 is 0 Å². The van der Waals surface area contributed by atoms with Crippen LogP contribution in [0.5, 0.6) is 0 Å². The largest absolute Gasteiger partial charge is 0.236 e. The van der Waals surface area contributed by atoms with Crippen molar-refractivity contribution in [3.8, 4) is 45.6 Å². The molecule has 0 N–H and O–H groups in total. The van der Waals surface area contributed by atoms with E-state index in [1.165, 1.54) is 410 Å². The Morgan fingerprint density at radius 1 is 0.157 bits per heavy atom. The van der Waals surface area contributed by atoms with E-state index in [1.807, 2.05) is 49.6 Å². The molecule has 8 nitrogen and oxygen atoms in total. The minimum atomic E-state index is 0.844. The molecule has 0 spiro atoms. The van der Waals surface area contributed by atoms with Crippen LogP contribution in [0.25, 0.3) is 45.6 Å². The molecule has 0 aliphatic carbocycles. The third kappa shape index (κ3) is 53.2. The van der Waals surface area contributed by atoms with Crippen molar-refractivity contribution in [2.75, 3.05) is 0 Å². The number of nitrogens with zero attached hydrogens (tertiary/aromatic N) is 8. The molecule has 0 fully saturated rings. The molecule has 4 aromatic carbocycles. The van der Waals surface area contributed by atoms with Gasteiger partial charge < -0.3 is 0 Å². The van der Waals surface area contributed by atoms with Gasteiger partial charge in [0.05, 0.1) is 0 Å². The molecule has 0 amide bonds. The van der Waals surface area contributed by atoms with Crippen molar-refractivity contribution in [3.63, 3.8) is 0 Å². The summed E-state index contributed by atoms with van der Waals surface area (Å²) in [5.74, 6) is 5.09. The summed E-state index contributed by atoms with van der Waals surface area (Å²) in [6.45, 7) is 22.9. The Morgan fingerprint density at radius 3 is 0.438 bits per heavy atom. The lowest BCUT2D eigenvalue weighted by molar-refractivity contribution is 0.511. The molecular weight excluding hydrogens is 1470 g/mol. The van der Waals surface area contributed by atoms with Crippen LogP contribution < -0.4 is 0 Å². The second-order valence-electron chi connectivity index (χ2n) is 36.7. The SMILES string of the molecule is CCCCCCCCCCc1cnc(-c2ccc(CCCCCCCC)cc2)nc1.CCCCCCCCCc1ccc(-c2ncc(CCCCCCCC(C)C)cn2)cc1.CCCCCCCCCc1cnc(-c2ccc(CCCCCCCC)cc2)nc1.CCCCCCCCc1ccc(-c2ncc(CCCCCCCCC(C)C)cn2)cc1. The number of aromatic nitrogens is 8. The van der Waals surface area contributed by atoms with Gasteiger partial charge in [0.25, 0.3) is 0 Å². The number of benzene rings is 4. The van der Waals surface area contributed by atoms with E-state index >= 15 is 0 Å². The molecule has 0 saturated carbocycles. The van der Waals surface area contributed by atoms with Crippen molar-refractivity contribution in [3.05, 3.63) is 191 Å². The number of hydrogen-bond donors (Lipinski definition) is 0. The van der Waals surface area contributed by atoms with Crippen LogP contribution in [0.3, 0.4) is 0 Å². The van der Waals surface area contributed by atoms with Crippen LogP contribution >= 0.6 is 0 Å². The number of hydrogen-bond acceptors (Lipinski definition) is 8. The minimum absolute atomic E-state index is 0.844. The second kappa shape index (κ2) is 72.5. The molecule has 4 aromatic heterocycles. The van der Waals surface area contributed by atoms with Gasteiger partial charge in [-0.15, -0.1) is 0 Å². The van der Waals surface area contributed by atoms with Crippen LogP contribution in [-0.2, 0) is 51.4 Å². The zero-order valence-electron chi connectivity index (χ0n) is 79.7. The van der Waals surface area contributed by atoms with Crippen molar-refractivity contribution < 1.29 is 0 Å². The average Bonchev–Trinajstić information content (AvgIpc) is 0.871. The minimum Gasteiger partial charge on any atom is -0.236 e. The van der Waals surface area contributed by atoms with Gasteiger partial charge in [0.2, 0.25) is 0 Å². The monoisotopic (exact) mass is 1650 g/mol. The van der Waals surface area contributed by atoms with E-state index in [0.29, 0.717) is 0 Å². The van der Waals surface area contributed by atoms with E-state index in [0.717, 1.165) is 83.1 Å². The molecule has 121 heavy (non-hydrogen) atoms. The first kappa shape index (κ1) is 105. The summed E-state index contributed by atoms with van der Waals surface area (Å²) in [5.41, 5.74) is 15.3. The van der Waals surface area contributed by atoms with E-state index in [4.69, 9.17) is 0 Å². The van der Waals surface area contributed by atoms with Crippen molar-refractivity contribution in [1.29, 1.82) is 0 Å². The van der Waals surface area contributed by atoms with E-state index in [9.17, 15) is 0 Å². The van der Waals surface area contributed by atoms with Crippen LogP contribution in [0.2, 0.25) is 0 Å². The Bertz CT molecular complexity index is 3590. The lowest BCUT2D eigenvalue weighted by Crippen LogP contribution is -1.94. The molecule has 0 radical (unpaired) electrons. The highest BCUT2D eigenvalue weighted by Crippen LogP contribution is 2.26. The van der Waals surface area contributed by atoms with Crippen LogP contribution in [0, 0.1) is 11.8 Å². The normalized spacial score (nSPS) is 11.2. The number of rotatable bonds is 67. The molecule has 8 aromatic rings. The smallest absolute Gasteiger partial charge is 0.159 e. The van der Waals surface area contributed by atoms with Crippen molar-refractivity contribution >= 4 is 0 Å². The van der Waals surface area contributed by atoms with Crippen molar-refractivity contribution in [2.24, 2.45) is 11.8 Å². The highest BCUT2D eigenvalue weighted by molar-refractivity contribution is 5.58. The lowest BCUT2D eigenvalue weighted by atomic mass is 10.0. The van der Waals surface area contributed by atoms with Gasteiger partial charge in [-0.25, -0.2) is 39.9 Å². The van der Waals surface area contributed by atoms with Gasteiger partial charge in [0.15, 0.2) is 23.3 Å². The Morgan fingerprint density at radius 2 is 0.289 bits per heavy atom. The third-order valence-electron chi connectivity index (χ3n) is 24.3. The van der Waals surface area contributed by atoms with E-state index in [-0.39, 0.29) is 0 Å². The highest BCUT2D eigenvalue weighted by Gasteiger charge is 2.10. The van der Waals surface area contributed by atoms with Crippen molar-refractivity contribution in [2.45, 2.75) is 461 Å². The summed E-state index contributed by atoms with van der Waals surface area (Å²) >= 11 is 0. The molecule has 0 aliphatic rings. The third-order valence-corrected chi connectivity index (χ3v) is 24.3. The van der Waals surface area contributed by atoms with Crippen LogP contribution in [0.4, 0.5) is 0 Å². The maximum Gasteiger partial charge on any atom is 0.159 e. The first-order chi connectivity index (χ1) is 59.5. The fourth-order valence-corrected chi connectivity index (χ4v) is 16.2. The standard InChI is InChI=1S/2C29H46N2.C28H44N2.C27H42N2/c1-4-5-6-7-11-14-17-26-19-21-28(22-20-26)29-30-23-27(24-31-29)18-15-12-9-8-10-13-16-25(2)3;1-4-5-6-7-8-11-14-17-26-19-21-28(22-20-26)29-30-23-27(24-31-29)18-15-12-9-10-13-16-25(2)3;1-3-5-7-9-11-12-14-16-18-26-23-29-28(30-24-26)27-21-19-25(20-22-27)17-15-13-10-8-6-4-2;1-3-5-7-9-11-13-15-17-25-22-28-27(29-23-25)26-20-18-24(19-21-26)16-14-12-10-8-6-4-2/h2*19-25H,4-18H2,1-3H3;19-24H,3-18H2,1-2H3;18-23H,3-17H2,1-2H3. The Hall–Kier alpha value is -6.80. The molecular formula is C113H178N8. The predicted molar refractivity (Wildman–Crippen MR) is 528 cm³/mol. The van der Waals surface area contributed by atoms with Gasteiger partial charge in [-0.3, -0.25) is 0 Å². The summed E-state index contributed by atoms with van der Waals surface area (Å²) in [4.78, 5) is 37.0. The van der Waals surface area contributed by atoms with E-state index in [1.54, 1.807) is 0 Å². The van der Waals surface area contributed by atoms with Crippen LogP contribution in [0.15, 0.2) is 147 Å². The Kier molecular flexibility index (Phi) is 62.8. The molecule has 0 saturated heterocycles. The molecule has 670 valence electrons. The maximum atomic E-state index is 4.63. The molecule has 0 bridgehead atoms. The van der Waals surface area contributed by atoms with E-state index in [2.05, 4.69) is 206 Å². The zero-order chi connectivity index (χ0) is 86.2. The summed E-state index contributed by atoms with van der Waals surface area (Å²) in [6, 6.07) is 35.4. The van der Waals surface area contributed by atoms with Gasteiger partial charge in [-0.05, 0) is 159 Å². The summed E-state index contributed by atoms with van der Waals surface area (Å²) in [5, 5.41) is 0. The fraction of sp³-hybridized carbons (Fsp3) is 0.646. The van der Waals surface area contributed by atoms with Gasteiger partial charge in [-0.2, -0.15) is 0 Å². The van der Waals surface area contributed by atoms with Crippen LogP contribution in [0.1, 0.15) is 454 Å². The molecule has 4 heterocycles. The topological polar surface area (TPSA) is 103 Å². The number of aryl methyl sites for hydroxylation is 8. The molecule has 0 unspecified atom stereocenters. The molecule has 0 atom stereocenters. The predicted octanol–water partition coefficient (Wildman–Crippen LogP) is 35.0. The zero-order valence-corrected chi connectivity index (χ0v) is 79.7. The Balaban J connectivity index is 0.000000287. The Labute approximate surface area is 744 Å². The fourth-order valence-electron chi connectivity index (χ4n) is 16.2. The molecule has 0 aliphatic heterocycles. The summed E-state index contributed by atoms with van der Waals surface area (Å²) in [7, 11) is 0. The summed E-state index contributed by atoms with van der Waals surface area (Å²) < 4.78 is 0. The van der Waals surface area contributed by atoms with Gasteiger partial charge in [0.1, 0.15) is 0 Å². The molecule has 8 rings (SSSR count). The first-order valence-electron chi connectivity index (χ1n) is 51.1. The summed E-state index contributed by atoms with van der Waals surface area (Å²) in [6.07, 6.45) is 97.1. The van der Waals surface area contributed by atoms with Gasteiger partial charge >= 0.3 is 0 Å². The van der Waals surface area contributed by atoms with Gasteiger partial charge in [-0.1, -0.05) is 455 Å².